The molecule has 0 unspecified atom stereocenters. The molecular formula is C19H30N2O2. The summed E-state index contributed by atoms with van der Waals surface area (Å²) in [5.74, 6) is 0.788. The highest BCUT2D eigenvalue weighted by Gasteiger charge is 2.36. The van der Waals surface area contributed by atoms with Gasteiger partial charge >= 0.3 is 0 Å². The third-order valence-corrected chi connectivity index (χ3v) is 5.43. The van der Waals surface area contributed by atoms with Crippen LogP contribution >= 0.6 is 0 Å². The predicted molar refractivity (Wildman–Crippen MR) is 92.2 cm³/mol. The molecule has 0 amide bonds. The van der Waals surface area contributed by atoms with E-state index in [1.165, 1.54) is 37.9 Å². The van der Waals surface area contributed by atoms with Gasteiger partial charge in [-0.05, 0) is 43.8 Å². The first-order chi connectivity index (χ1) is 11.3. The van der Waals surface area contributed by atoms with Crippen LogP contribution in [-0.4, -0.2) is 62.5 Å². The van der Waals surface area contributed by atoms with E-state index in [1.807, 2.05) is 0 Å². The summed E-state index contributed by atoms with van der Waals surface area (Å²) in [5, 5.41) is 0. The molecule has 0 aromatic heterocycles. The third kappa shape index (κ3) is 4.32. The van der Waals surface area contributed by atoms with Gasteiger partial charge < -0.3 is 9.47 Å². The van der Waals surface area contributed by atoms with Crippen molar-refractivity contribution < 1.29 is 9.47 Å². The Morgan fingerprint density at radius 2 is 1.87 bits per heavy atom. The van der Waals surface area contributed by atoms with E-state index in [4.69, 9.17) is 9.47 Å². The Hall–Kier alpha value is -0.940. The Bertz CT molecular complexity index is 464. The van der Waals surface area contributed by atoms with Gasteiger partial charge in [0.05, 0.1) is 0 Å². The summed E-state index contributed by atoms with van der Waals surface area (Å²) in [6.45, 7) is 5.55. The highest BCUT2D eigenvalue weighted by molar-refractivity contribution is 5.15. The molecular weight excluding hydrogens is 288 g/mol. The number of ether oxygens (including phenoxy) is 2. The molecule has 2 saturated heterocycles. The summed E-state index contributed by atoms with van der Waals surface area (Å²) in [6, 6.07) is 11.6. The number of hydrogen-bond acceptors (Lipinski definition) is 4. The Morgan fingerprint density at radius 3 is 2.61 bits per heavy atom. The average molecular weight is 318 g/mol. The molecule has 0 aliphatic carbocycles. The third-order valence-electron chi connectivity index (χ3n) is 5.43. The fourth-order valence-corrected chi connectivity index (χ4v) is 4.22. The van der Waals surface area contributed by atoms with Crippen LogP contribution in [0.5, 0.6) is 0 Å². The molecule has 0 saturated carbocycles. The van der Waals surface area contributed by atoms with Crippen LogP contribution in [0.15, 0.2) is 30.3 Å². The van der Waals surface area contributed by atoms with Crippen molar-refractivity contribution in [1.82, 2.24) is 9.80 Å². The summed E-state index contributed by atoms with van der Waals surface area (Å²) in [5.41, 5.74) is 1.44. The number of likely N-dealkylation sites (tertiary alicyclic amines) is 2. The molecule has 1 aromatic rings. The van der Waals surface area contributed by atoms with E-state index in [0.29, 0.717) is 0 Å². The number of hydrogen-bond donors (Lipinski definition) is 0. The molecule has 4 heteroatoms. The molecule has 0 N–H and O–H groups in total. The number of piperidine rings is 2. The average Bonchev–Trinajstić information content (AvgIpc) is 2.60. The number of benzene rings is 1. The first-order valence-electron chi connectivity index (χ1n) is 8.86. The molecule has 128 valence electrons. The lowest BCUT2D eigenvalue weighted by atomic mass is 9.83. The van der Waals surface area contributed by atoms with E-state index >= 15 is 0 Å². The Kier molecular flexibility index (Phi) is 6.06. The molecule has 2 atom stereocenters. The fourth-order valence-electron chi connectivity index (χ4n) is 4.22. The minimum atomic E-state index is -0.101. The number of rotatable bonds is 6. The lowest BCUT2D eigenvalue weighted by Crippen LogP contribution is -2.54. The molecule has 2 fully saturated rings. The van der Waals surface area contributed by atoms with Gasteiger partial charge in [-0.25, -0.2) is 0 Å². The van der Waals surface area contributed by atoms with Gasteiger partial charge in [0, 0.05) is 39.9 Å². The molecule has 3 rings (SSSR count). The van der Waals surface area contributed by atoms with Crippen molar-refractivity contribution in [3.63, 3.8) is 0 Å². The zero-order valence-electron chi connectivity index (χ0n) is 14.5. The van der Waals surface area contributed by atoms with Crippen LogP contribution in [0.1, 0.15) is 24.8 Å². The van der Waals surface area contributed by atoms with Crippen LogP contribution in [0.2, 0.25) is 0 Å². The monoisotopic (exact) mass is 318 g/mol. The van der Waals surface area contributed by atoms with Crippen LogP contribution in [0.25, 0.3) is 0 Å². The van der Waals surface area contributed by atoms with Crippen molar-refractivity contribution in [2.24, 2.45) is 5.92 Å². The van der Waals surface area contributed by atoms with Gasteiger partial charge in [0.15, 0.2) is 6.29 Å². The molecule has 2 aliphatic rings. The van der Waals surface area contributed by atoms with E-state index in [0.717, 1.165) is 31.6 Å². The molecule has 2 aliphatic heterocycles. The molecule has 1 aromatic carbocycles. The maximum atomic E-state index is 5.36. The smallest absolute Gasteiger partial charge is 0.169 e. The van der Waals surface area contributed by atoms with Crippen LogP contribution in [-0.2, 0) is 16.0 Å². The largest absolute Gasteiger partial charge is 0.355 e. The quantitative estimate of drug-likeness (QED) is 0.753. The molecule has 0 radical (unpaired) electrons. The standard InChI is InChI=1S/C19H30N2O2/c1-22-19(23-2)15-20-12-10-18-17(14-20)9-6-11-21(18)13-16-7-4-3-5-8-16/h3-5,7-8,17-19H,6,9-15H2,1-2H3/t17-,18-/m1/s1. The lowest BCUT2D eigenvalue weighted by Gasteiger charge is -2.47. The molecule has 0 spiro atoms. The van der Waals surface area contributed by atoms with Gasteiger partial charge in [-0.3, -0.25) is 9.80 Å². The van der Waals surface area contributed by atoms with Crippen molar-refractivity contribution in [3.05, 3.63) is 35.9 Å². The van der Waals surface area contributed by atoms with Crippen molar-refractivity contribution in [1.29, 1.82) is 0 Å². The van der Waals surface area contributed by atoms with E-state index in [-0.39, 0.29) is 6.29 Å². The second kappa shape index (κ2) is 8.25. The highest BCUT2D eigenvalue weighted by atomic mass is 16.7. The lowest BCUT2D eigenvalue weighted by molar-refractivity contribution is -0.123. The summed E-state index contributed by atoms with van der Waals surface area (Å²) in [6.07, 6.45) is 3.84. The van der Waals surface area contributed by atoms with Crippen LogP contribution in [0.4, 0.5) is 0 Å². The topological polar surface area (TPSA) is 24.9 Å². The maximum absolute atomic E-state index is 5.36. The fraction of sp³-hybridized carbons (Fsp3) is 0.684. The van der Waals surface area contributed by atoms with E-state index < -0.39 is 0 Å². The second-order valence-corrected chi connectivity index (χ2v) is 6.87. The van der Waals surface area contributed by atoms with E-state index in [1.54, 1.807) is 14.2 Å². The van der Waals surface area contributed by atoms with Gasteiger partial charge in [-0.2, -0.15) is 0 Å². The first-order valence-corrected chi connectivity index (χ1v) is 8.86. The normalized spacial score (nSPS) is 26.4. The zero-order chi connectivity index (χ0) is 16.1. The van der Waals surface area contributed by atoms with Crippen LogP contribution in [0, 0.1) is 5.92 Å². The van der Waals surface area contributed by atoms with Gasteiger partial charge in [-0.15, -0.1) is 0 Å². The van der Waals surface area contributed by atoms with Gasteiger partial charge in [-0.1, -0.05) is 30.3 Å². The number of fused-ring (bicyclic) bond motifs is 1. The molecule has 23 heavy (non-hydrogen) atoms. The summed E-state index contributed by atoms with van der Waals surface area (Å²) >= 11 is 0. The van der Waals surface area contributed by atoms with Crippen LogP contribution < -0.4 is 0 Å². The molecule has 0 bridgehead atoms. The zero-order valence-corrected chi connectivity index (χ0v) is 14.5. The van der Waals surface area contributed by atoms with Crippen LogP contribution in [0.3, 0.4) is 0 Å². The second-order valence-electron chi connectivity index (χ2n) is 6.87. The van der Waals surface area contributed by atoms with E-state index in [9.17, 15) is 0 Å². The maximum Gasteiger partial charge on any atom is 0.169 e. The minimum absolute atomic E-state index is 0.101. The van der Waals surface area contributed by atoms with Crippen molar-refractivity contribution in [2.45, 2.75) is 38.1 Å². The van der Waals surface area contributed by atoms with E-state index in [2.05, 4.69) is 40.1 Å². The van der Waals surface area contributed by atoms with Crippen molar-refractivity contribution >= 4 is 0 Å². The Morgan fingerprint density at radius 1 is 1.09 bits per heavy atom. The molecule has 2 heterocycles. The predicted octanol–water partition coefficient (Wildman–Crippen LogP) is 2.59. The summed E-state index contributed by atoms with van der Waals surface area (Å²) in [4.78, 5) is 5.23. The summed E-state index contributed by atoms with van der Waals surface area (Å²) in [7, 11) is 3.45. The number of methoxy groups -OCH3 is 2. The Labute approximate surface area is 140 Å². The Balaban J connectivity index is 1.57. The number of nitrogens with zero attached hydrogens (tertiary/aromatic N) is 2. The summed E-state index contributed by atoms with van der Waals surface area (Å²) < 4.78 is 10.7. The first kappa shape index (κ1) is 16.9. The van der Waals surface area contributed by atoms with Crippen molar-refractivity contribution in [2.75, 3.05) is 40.4 Å². The molecule has 4 nitrogen and oxygen atoms in total. The van der Waals surface area contributed by atoms with Gasteiger partial charge in [0.1, 0.15) is 0 Å². The SMILES string of the molecule is COC(CN1CC[C@@H]2[C@H](CCCN2Cc2ccccc2)C1)OC. The minimum Gasteiger partial charge on any atom is -0.355 e. The van der Waals surface area contributed by atoms with Gasteiger partial charge in [0.2, 0.25) is 0 Å². The highest BCUT2D eigenvalue weighted by Crippen LogP contribution is 2.31. The van der Waals surface area contributed by atoms with Gasteiger partial charge in [0.25, 0.3) is 0 Å². The van der Waals surface area contributed by atoms with Crippen molar-refractivity contribution in [3.8, 4) is 0 Å².